The van der Waals surface area contributed by atoms with Crippen molar-refractivity contribution in [3.63, 3.8) is 0 Å². The molecule has 2 heterocycles. The molecule has 0 aliphatic heterocycles. The Bertz CT molecular complexity index is 1230. The van der Waals surface area contributed by atoms with E-state index in [4.69, 9.17) is 5.73 Å². The van der Waals surface area contributed by atoms with Crippen LogP contribution in [-0.2, 0) is 6.54 Å². The van der Waals surface area contributed by atoms with Crippen molar-refractivity contribution >= 4 is 22.8 Å². The zero-order chi connectivity index (χ0) is 21.4. The smallest absolute Gasteiger partial charge is 0.225 e. The van der Waals surface area contributed by atoms with Crippen molar-refractivity contribution in [1.82, 2.24) is 19.7 Å². The third-order valence-corrected chi connectivity index (χ3v) is 5.71. The molecule has 31 heavy (non-hydrogen) atoms. The van der Waals surface area contributed by atoms with E-state index in [1.54, 1.807) is 4.68 Å². The third kappa shape index (κ3) is 3.69. The molecule has 0 radical (unpaired) electrons. The van der Waals surface area contributed by atoms with E-state index in [9.17, 15) is 8.78 Å². The minimum Gasteiger partial charge on any atom is -0.383 e. The summed E-state index contributed by atoms with van der Waals surface area (Å²) in [5.74, 6) is -1.25. The van der Waals surface area contributed by atoms with E-state index < -0.39 is 11.6 Å². The van der Waals surface area contributed by atoms with E-state index in [-0.39, 0.29) is 17.3 Å². The number of nitrogens with two attached hydrogens (primary N) is 1. The summed E-state index contributed by atoms with van der Waals surface area (Å²) in [7, 11) is 0. The zero-order valence-corrected chi connectivity index (χ0v) is 16.9. The second-order valence-corrected chi connectivity index (χ2v) is 7.85. The molecule has 1 fully saturated rings. The first kappa shape index (κ1) is 19.4. The number of fused-ring (bicyclic) bond motifs is 1. The lowest BCUT2D eigenvalue weighted by atomic mass is 10.1. The first-order chi connectivity index (χ1) is 15.1. The van der Waals surface area contributed by atoms with Crippen molar-refractivity contribution in [1.29, 1.82) is 0 Å². The fourth-order valence-electron chi connectivity index (χ4n) is 4.13. The van der Waals surface area contributed by atoms with Crippen LogP contribution in [0, 0.1) is 11.6 Å². The summed E-state index contributed by atoms with van der Waals surface area (Å²) in [6.45, 7) is 0.430. The largest absolute Gasteiger partial charge is 0.383 e. The number of hydrogen-bond acceptors (Lipinski definition) is 5. The Morgan fingerprint density at radius 3 is 2.55 bits per heavy atom. The highest BCUT2D eigenvalue weighted by atomic mass is 19.2. The Kier molecular flexibility index (Phi) is 4.97. The van der Waals surface area contributed by atoms with Gasteiger partial charge >= 0.3 is 0 Å². The van der Waals surface area contributed by atoms with E-state index >= 15 is 0 Å². The average Bonchev–Trinajstić information content (AvgIpc) is 3.39. The van der Waals surface area contributed by atoms with E-state index in [0.29, 0.717) is 29.3 Å². The molecule has 0 amide bonds. The van der Waals surface area contributed by atoms with Gasteiger partial charge in [0.05, 0.1) is 17.6 Å². The molecule has 158 valence electrons. The molecule has 0 spiro atoms. The summed E-state index contributed by atoms with van der Waals surface area (Å²) in [6.07, 6.45) is 4.33. The van der Waals surface area contributed by atoms with Crippen molar-refractivity contribution in [2.45, 2.75) is 38.3 Å². The van der Waals surface area contributed by atoms with Gasteiger partial charge in [0, 0.05) is 11.6 Å². The molecule has 0 bridgehead atoms. The van der Waals surface area contributed by atoms with Crippen LogP contribution < -0.4 is 11.1 Å². The maximum Gasteiger partial charge on any atom is 0.225 e. The Labute approximate surface area is 178 Å². The van der Waals surface area contributed by atoms with Crippen LogP contribution in [0.3, 0.4) is 0 Å². The van der Waals surface area contributed by atoms with E-state index in [2.05, 4.69) is 20.4 Å². The number of rotatable bonds is 5. The lowest BCUT2D eigenvalue weighted by molar-refractivity contribution is 0.511. The fourth-order valence-corrected chi connectivity index (χ4v) is 4.13. The molecule has 5 rings (SSSR count). The Hall–Kier alpha value is -3.55. The Balaban J connectivity index is 1.66. The number of benzene rings is 2. The van der Waals surface area contributed by atoms with Crippen LogP contribution in [0.4, 0.5) is 20.5 Å². The molecule has 0 unspecified atom stereocenters. The molecular weight excluding hydrogens is 398 g/mol. The highest BCUT2D eigenvalue weighted by Crippen LogP contribution is 2.34. The van der Waals surface area contributed by atoms with Crippen molar-refractivity contribution in [3.8, 4) is 11.3 Å². The molecule has 0 saturated heterocycles. The molecule has 6 nitrogen and oxygen atoms in total. The zero-order valence-electron chi connectivity index (χ0n) is 16.9. The minimum atomic E-state index is -0.968. The van der Waals surface area contributed by atoms with Crippen molar-refractivity contribution < 1.29 is 8.78 Å². The minimum absolute atomic E-state index is 0.0350. The number of halogens is 2. The molecule has 1 saturated carbocycles. The van der Waals surface area contributed by atoms with Crippen LogP contribution in [0.2, 0.25) is 0 Å². The third-order valence-electron chi connectivity index (χ3n) is 5.71. The molecular formula is C23H22F2N6. The van der Waals surface area contributed by atoms with Gasteiger partial charge in [0.1, 0.15) is 5.82 Å². The van der Waals surface area contributed by atoms with Crippen molar-refractivity contribution in [2.24, 2.45) is 0 Å². The number of anilines is 2. The maximum atomic E-state index is 14.7. The Morgan fingerprint density at radius 1 is 1.00 bits per heavy atom. The molecule has 3 N–H and O–H groups in total. The highest BCUT2D eigenvalue weighted by Gasteiger charge is 2.23. The summed E-state index contributed by atoms with van der Waals surface area (Å²) in [5.41, 5.74) is 8.04. The first-order valence-corrected chi connectivity index (χ1v) is 10.4. The topological polar surface area (TPSA) is 81.7 Å². The van der Waals surface area contributed by atoms with Crippen LogP contribution >= 0.6 is 0 Å². The lowest BCUT2D eigenvalue weighted by Crippen LogP contribution is -2.17. The second-order valence-electron chi connectivity index (χ2n) is 7.85. The Morgan fingerprint density at radius 2 is 1.77 bits per heavy atom. The number of nitrogen functional groups attached to an aromatic ring is 1. The number of hydrogen-bond donors (Lipinski definition) is 2. The van der Waals surface area contributed by atoms with Crippen LogP contribution in [0.15, 0.2) is 48.5 Å². The predicted octanol–water partition coefficient (Wildman–Crippen LogP) is 4.76. The van der Waals surface area contributed by atoms with Crippen LogP contribution in [0.1, 0.15) is 31.2 Å². The first-order valence-electron chi connectivity index (χ1n) is 10.4. The van der Waals surface area contributed by atoms with Gasteiger partial charge in [0.2, 0.25) is 5.95 Å². The summed E-state index contributed by atoms with van der Waals surface area (Å²) in [4.78, 5) is 9.11. The van der Waals surface area contributed by atoms with Gasteiger partial charge in [-0.1, -0.05) is 49.2 Å². The van der Waals surface area contributed by atoms with Gasteiger partial charge in [-0.05, 0) is 30.5 Å². The van der Waals surface area contributed by atoms with Crippen LogP contribution in [-0.4, -0.2) is 25.8 Å². The van der Waals surface area contributed by atoms with Gasteiger partial charge in [-0.2, -0.15) is 4.98 Å². The average molecular weight is 420 g/mol. The van der Waals surface area contributed by atoms with Gasteiger partial charge in [-0.25, -0.2) is 18.4 Å². The molecule has 0 atom stereocenters. The SMILES string of the molecule is Nc1c2c(-c3cccc(F)c3F)nc(NC3CCCC3)nc2nn1Cc1ccccc1. The molecule has 2 aromatic heterocycles. The van der Waals surface area contributed by atoms with Crippen LogP contribution in [0.25, 0.3) is 22.3 Å². The van der Waals surface area contributed by atoms with E-state index in [0.717, 1.165) is 37.3 Å². The lowest BCUT2D eigenvalue weighted by Gasteiger charge is -2.13. The van der Waals surface area contributed by atoms with Gasteiger partial charge < -0.3 is 11.1 Å². The van der Waals surface area contributed by atoms with Gasteiger partial charge in [-0.3, -0.25) is 0 Å². The fraction of sp³-hybridized carbons (Fsp3) is 0.261. The number of nitrogens with zero attached hydrogens (tertiary/aromatic N) is 4. The number of nitrogens with one attached hydrogen (secondary N) is 1. The van der Waals surface area contributed by atoms with Gasteiger partial charge in [0.15, 0.2) is 17.3 Å². The summed E-state index contributed by atoms with van der Waals surface area (Å²) in [5, 5.41) is 8.31. The molecule has 1 aliphatic carbocycles. The van der Waals surface area contributed by atoms with Gasteiger partial charge in [0.25, 0.3) is 0 Å². The molecule has 4 aromatic rings. The molecule has 2 aromatic carbocycles. The predicted molar refractivity (Wildman–Crippen MR) is 117 cm³/mol. The monoisotopic (exact) mass is 420 g/mol. The standard InChI is InChI=1S/C23H22F2N6/c24-17-12-6-11-16(19(17)25)20-18-21(26)31(13-14-7-2-1-3-8-14)30-22(18)29-23(28-20)27-15-9-4-5-10-15/h1-3,6-8,11-12,15H,4-5,9-10,13,26H2,(H,27,29,30). The van der Waals surface area contributed by atoms with E-state index in [1.807, 2.05) is 30.3 Å². The van der Waals surface area contributed by atoms with Crippen LogP contribution in [0.5, 0.6) is 0 Å². The van der Waals surface area contributed by atoms with Crippen molar-refractivity contribution in [3.05, 3.63) is 65.7 Å². The number of aromatic nitrogens is 4. The quantitative estimate of drug-likeness (QED) is 0.487. The van der Waals surface area contributed by atoms with E-state index in [1.165, 1.54) is 12.1 Å². The second kappa shape index (κ2) is 7.94. The normalized spacial score (nSPS) is 14.4. The summed E-state index contributed by atoms with van der Waals surface area (Å²) < 4.78 is 30.3. The van der Waals surface area contributed by atoms with Gasteiger partial charge in [-0.15, -0.1) is 5.10 Å². The molecule has 1 aliphatic rings. The maximum absolute atomic E-state index is 14.7. The summed E-state index contributed by atoms with van der Waals surface area (Å²) >= 11 is 0. The summed E-state index contributed by atoms with van der Waals surface area (Å²) in [6, 6.07) is 14.0. The highest BCUT2D eigenvalue weighted by molar-refractivity contribution is 5.99. The molecule has 8 heteroatoms. The van der Waals surface area contributed by atoms with Crippen molar-refractivity contribution in [2.75, 3.05) is 11.1 Å².